The van der Waals surface area contributed by atoms with Crippen LogP contribution in [0.5, 0.6) is 28.7 Å². The quantitative estimate of drug-likeness (QED) is 0.182. The van der Waals surface area contributed by atoms with Gasteiger partial charge in [-0.2, -0.15) is 0 Å². The number of methoxy groups -OCH3 is 1. The van der Waals surface area contributed by atoms with E-state index in [1.54, 1.807) is 0 Å². The number of ether oxygens (including phenoxy) is 2. The molecule has 1 fully saturated rings. The SMILES string of the molecule is COc1c(O)c(O)c(C(O)(O)c2cc(C3CC(O)CC(CO)O3)ccc2Cl)c(O)c1O. The summed E-state index contributed by atoms with van der Waals surface area (Å²) in [6, 6.07) is 4.04. The molecule has 0 spiro atoms. The van der Waals surface area contributed by atoms with Gasteiger partial charge in [0.15, 0.2) is 11.5 Å². The van der Waals surface area contributed by atoms with Gasteiger partial charge in [0.2, 0.25) is 23.0 Å². The summed E-state index contributed by atoms with van der Waals surface area (Å²) in [7, 11) is 1.05. The Kier molecular flexibility index (Phi) is 6.42. The molecule has 0 radical (unpaired) electrons. The molecule has 10 nitrogen and oxygen atoms in total. The second kappa shape index (κ2) is 8.58. The van der Waals surface area contributed by atoms with Gasteiger partial charge >= 0.3 is 0 Å². The second-order valence-corrected chi connectivity index (χ2v) is 7.68. The molecule has 2 aromatic rings. The third-order valence-electron chi connectivity index (χ3n) is 5.22. The van der Waals surface area contributed by atoms with Gasteiger partial charge in [-0.3, -0.25) is 0 Å². The predicted octanol–water partition coefficient (Wildman–Crippen LogP) is 0.930. The number of benzene rings is 2. The van der Waals surface area contributed by atoms with Crippen LogP contribution in [0.3, 0.4) is 0 Å². The van der Waals surface area contributed by atoms with E-state index in [1.807, 2.05) is 0 Å². The maximum atomic E-state index is 10.8. The lowest BCUT2D eigenvalue weighted by Gasteiger charge is -2.33. The molecular weight excluding hydrogens is 436 g/mol. The van der Waals surface area contributed by atoms with Crippen molar-refractivity contribution in [1.82, 2.24) is 0 Å². The lowest BCUT2D eigenvalue weighted by Crippen LogP contribution is -2.34. The van der Waals surface area contributed by atoms with E-state index in [9.17, 15) is 40.9 Å². The Balaban J connectivity index is 2.12. The Morgan fingerprint density at radius 1 is 1.06 bits per heavy atom. The summed E-state index contributed by atoms with van der Waals surface area (Å²) in [4.78, 5) is 0. The van der Waals surface area contributed by atoms with E-state index >= 15 is 0 Å². The Labute approximate surface area is 181 Å². The van der Waals surface area contributed by atoms with Gasteiger partial charge in [0.05, 0.1) is 32.0 Å². The first-order chi connectivity index (χ1) is 14.5. The second-order valence-electron chi connectivity index (χ2n) is 7.27. The molecule has 1 aliphatic rings. The van der Waals surface area contributed by atoms with Crippen molar-refractivity contribution in [2.24, 2.45) is 0 Å². The van der Waals surface area contributed by atoms with Gasteiger partial charge in [-0.25, -0.2) is 0 Å². The zero-order chi connectivity index (χ0) is 23.1. The van der Waals surface area contributed by atoms with Crippen LogP contribution in [0.25, 0.3) is 0 Å². The largest absolute Gasteiger partial charge is 0.504 e. The Morgan fingerprint density at radius 2 is 1.68 bits per heavy atom. The summed E-state index contributed by atoms with van der Waals surface area (Å²) >= 11 is 6.13. The normalized spacial score (nSPS) is 21.8. The summed E-state index contributed by atoms with van der Waals surface area (Å²) in [6.07, 6.45) is -1.69. The Morgan fingerprint density at radius 3 is 2.23 bits per heavy atom. The van der Waals surface area contributed by atoms with Crippen molar-refractivity contribution in [3.05, 3.63) is 39.9 Å². The molecule has 170 valence electrons. The van der Waals surface area contributed by atoms with Gasteiger partial charge < -0.3 is 50.3 Å². The molecule has 3 unspecified atom stereocenters. The summed E-state index contributed by atoms with van der Waals surface area (Å²) in [5, 5.41) is 81.5. The van der Waals surface area contributed by atoms with Gasteiger partial charge in [0, 0.05) is 23.4 Å². The Bertz CT molecular complexity index is 948. The molecule has 11 heteroatoms. The van der Waals surface area contributed by atoms with Gasteiger partial charge in [-0.05, 0) is 17.7 Å². The molecule has 2 aromatic carbocycles. The minimum absolute atomic E-state index is 0.169. The lowest BCUT2D eigenvalue weighted by molar-refractivity contribution is -0.135. The van der Waals surface area contributed by atoms with Crippen LogP contribution < -0.4 is 4.74 Å². The molecule has 0 saturated carbocycles. The highest BCUT2D eigenvalue weighted by Crippen LogP contribution is 2.55. The molecular formula is C20H23ClO10. The molecule has 0 amide bonds. The van der Waals surface area contributed by atoms with Gasteiger partial charge in [0.25, 0.3) is 0 Å². The molecule has 1 saturated heterocycles. The number of phenols is 4. The maximum absolute atomic E-state index is 10.8. The number of aliphatic hydroxyl groups is 4. The molecule has 0 aromatic heterocycles. The number of halogens is 1. The van der Waals surface area contributed by atoms with E-state index in [0.717, 1.165) is 7.11 Å². The fraction of sp³-hybridized carbons (Fsp3) is 0.400. The average molecular weight is 459 g/mol. The monoisotopic (exact) mass is 458 g/mol. The molecule has 8 N–H and O–H groups in total. The fourth-order valence-corrected chi connectivity index (χ4v) is 3.92. The van der Waals surface area contributed by atoms with Crippen LogP contribution in [-0.2, 0) is 10.5 Å². The molecule has 3 rings (SSSR count). The number of phenolic OH excluding ortho intramolecular Hbond substituents is 4. The number of aromatic hydroxyl groups is 4. The van der Waals surface area contributed by atoms with E-state index in [0.29, 0.717) is 5.56 Å². The van der Waals surface area contributed by atoms with Crippen molar-refractivity contribution in [2.45, 2.75) is 36.9 Å². The van der Waals surface area contributed by atoms with Crippen LogP contribution in [0.4, 0.5) is 0 Å². The average Bonchev–Trinajstić information content (AvgIpc) is 2.72. The summed E-state index contributed by atoms with van der Waals surface area (Å²) in [5.74, 6) is -8.21. The van der Waals surface area contributed by atoms with E-state index in [4.69, 9.17) is 21.1 Å². The first-order valence-electron chi connectivity index (χ1n) is 9.26. The van der Waals surface area contributed by atoms with E-state index < -0.39 is 64.0 Å². The van der Waals surface area contributed by atoms with Crippen LogP contribution in [0.15, 0.2) is 18.2 Å². The van der Waals surface area contributed by atoms with Crippen LogP contribution >= 0.6 is 11.6 Å². The maximum Gasteiger partial charge on any atom is 0.226 e. The van der Waals surface area contributed by atoms with Crippen molar-refractivity contribution in [2.75, 3.05) is 13.7 Å². The smallest absolute Gasteiger partial charge is 0.226 e. The lowest BCUT2D eigenvalue weighted by atomic mass is 9.90. The zero-order valence-electron chi connectivity index (χ0n) is 16.4. The fourth-order valence-electron chi connectivity index (χ4n) is 3.67. The first kappa shape index (κ1) is 23.2. The predicted molar refractivity (Wildman–Crippen MR) is 106 cm³/mol. The van der Waals surface area contributed by atoms with Crippen molar-refractivity contribution < 1.29 is 50.3 Å². The van der Waals surface area contributed by atoms with Gasteiger partial charge in [-0.1, -0.05) is 17.7 Å². The van der Waals surface area contributed by atoms with E-state index in [1.165, 1.54) is 18.2 Å². The minimum atomic E-state index is -3.17. The van der Waals surface area contributed by atoms with Gasteiger partial charge in [-0.15, -0.1) is 0 Å². The minimum Gasteiger partial charge on any atom is -0.504 e. The zero-order valence-corrected chi connectivity index (χ0v) is 17.1. The van der Waals surface area contributed by atoms with Crippen molar-refractivity contribution in [1.29, 1.82) is 0 Å². The third kappa shape index (κ3) is 4.05. The van der Waals surface area contributed by atoms with Gasteiger partial charge in [0.1, 0.15) is 5.56 Å². The van der Waals surface area contributed by atoms with E-state index in [2.05, 4.69) is 0 Å². The highest BCUT2D eigenvalue weighted by Gasteiger charge is 2.41. The Hall–Kier alpha value is -2.47. The first-order valence-corrected chi connectivity index (χ1v) is 9.63. The standard InChI is InChI=1S/C20H23ClO10/c1-30-19-17(26)15(24)14(16(25)18(19)27)20(28,29)11-4-8(2-3-12(11)21)13-6-9(23)5-10(7-22)31-13/h2-4,9-10,13,22-29H,5-7H2,1H3. The molecule has 0 aliphatic carbocycles. The van der Waals surface area contributed by atoms with Crippen LogP contribution in [0.1, 0.15) is 35.6 Å². The van der Waals surface area contributed by atoms with Crippen molar-refractivity contribution in [3.63, 3.8) is 0 Å². The molecule has 1 aliphatic heterocycles. The van der Waals surface area contributed by atoms with Crippen molar-refractivity contribution in [3.8, 4) is 28.7 Å². The summed E-state index contributed by atoms with van der Waals surface area (Å²) in [6.45, 7) is -0.315. The third-order valence-corrected chi connectivity index (χ3v) is 5.55. The number of rotatable bonds is 5. The van der Waals surface area contributed by atoms with Crippen LogP contribution in [0.2, 0.25) is 5.02 Å². The van der Waals surface area contributed by atoms with E-state index in [-0.39, 0.29) is 24.5 Å². The number of hydrogen-bond acceptors (Lipinski definition) is 10. The topological polar surface area (TPSA) is 180 Å². The molecule has 3 atom stereocenters. The highest BCUT2D eigenvalue weighted by atomic mass is 35.5. The summed E-state index contributed by atoms with van der Waals surface area (Å²) in [5.41, 5.74) is -1.07. The van der Waals surface area contributed by atoms with Crippen LogP contribution in [0, 0.1) is 0 Å². The molecule has 1 heterocycles. The van der Waals surface area contributed by atoms with Crippen LogP contribution in [-0.4, -0.2) is 66.8 Å². The molecule has 0 bridgehead atoms. The van der Waals surface area contributed by atoms with Crippen molar-refractivity contribution >= 4 is 11.6 Å². The highest BCUT2D eigenvalue weighted by molar-refractivity contribution is 6.31. The number of aliphatic hydroxyl groups excluding tert-OH is 2. The molecule has 31 heavy (non-hydrogen) atoms. The number of hydrogen-bond donors (Lipinski definition) is 8. The summed E-state index contributed by atoms with van der Waals surface area (Å²) < 4.78 is 10.4.